The normalized spacial score (nSPS) is 10.4. The SMILES string of the molecule is O=C(O)c1ccc(Br)cc1SCCOc1ccccc1F. The Balaban J connectivity index is 1.93. The van der Waals surface area contributed by atoms with Gasteiger partial charge in [0.1, 0.15) is 0 Å². The number of halogens is 2. The molecule has 3 nitrogen and oxygen atoms in total. The first-order chi connectivity index (χ1) is 10.1. The number of carboxylic acid groups (broad SMARTS) is 1. The summed E-state index contributed by atoms with van der Waals surface area (Å²) in [6.07, 6.45) is 0. The van der Waals surface area contributed by atoms with Crippen LogP contribution in [0.25, 0.3) is 0 Å². The van der Waals surface area contributed by atoms with E-state index >= 15 is 0 Å². The number of carbonyl (C=O) groups is 1. The third kappa shape index (κ3) is 4.47. The van der Waals surface area contributed by atoms with E-state index in [-0.39, 0.29) is 17.9 Å². The molecule has 0 aromatic heterocycles. The minimum atomic E-state index is -0.972. The molecule has 2 rings (SSSR count). The van der Waals surface area contributed by atoms with E-state index in [2.05, 4.69) is 15.9 Å². The molecule has 0 fully saturated rings. The summed E-state index contributed by atoms with van der Waals surface area (Å²) in [7, 11) is 0. The maximum atomic E-state index is 13.3. The minimum Gasteiger partial charge on any atom is -0.490 e. The first-order valence-corrected chi connectivity index (χ1v) is 7.89. The fraction of sp³-hybridized carbons (Fsp3) is 0.133. The zero-order valence-electron chi connectivity index (χ0n) is 10.9. The van der Waals surface area contributed by atoms with Crippen LogP contribution < -0.4 is 4.74 Å². The smallest absolute Gasteiger partial charge is 0.336 e. The molecule has 0 aliphatic carbocycles. The lowest BCUT2D eigenvalue weighted by Crippen LogP contribution is -2.03. The number of thioether (sulfide) groups is 1. The standard InChI is InChI=1S/C15H12BrFO3S/c16-10-5-6-11(15(18)19)14(9-10)21-8-7-20-13-4-2-1-3-12(13)17/h1-6,9H,7-8H2,(H,18,19). The number of rotatable bonds is 6. The Labute approximate surface area is 134 Å². The van der Waals surface area contributed by atoms with Gasteiger partial charge in [0, 0.05) is 15.1 Å². The lowest BCUT2D eigenvalue weighted by molar-refractivity contribution is 0.0693. The zero-order valence-corrected chi connectivity index (χ0v) is 13.3. The largest absolute Gasteiger partial charge is 0.490 e. The highest BCUT2D eigenvalue weighted by atomic mass is 79.9. The Hall–Kier alpha value is -1.53. The molecule has 0 saturated heterocycles. The molecule has 2 aromatic rings. The summed E-state index contributed by atoms with van der Waals surface area (Å²) >= 11 is 4.67. The molecule has 110 valence electrons. The number of carboxylic acids is 1. The quantitative estimate of drug-likeness (QED) is 0.602. The molecular weight excluding hydrogens is 359 g/mol. The number of ether oxygens (including phenoxy) is 1. The van der Waals surface area contributed by atoms with E-state index in [0.717, 1.165) is 4.47 Å². The molecule has 0 unspecified atom stereocenters. The summed E-state index contributed by atoms with van der Waals surface area (Å²) in [5, 5.41) is 9.12. The Bertz CT molecular complexity index is 649. The third-order valence-corrected chi connectivity index (χ3v) is 4.12. The Morgan fingerprint density at radius 1 is 1.29 bits per heavy atom. The van der Waals surface area contributed by atoms with Crippen LogP contribution in [-0.2, 0) is 0 Å². The lowest BCUT2D eigenvalue weighted by atomic mass is 10.2. The number of benzene rings is 2. The molecule has 0 heterocycles. The molecule has 0 aliphatic rings. The fourth-order valence-electron chi connectivity index (χ4n) is 1.66. The zero-order chi connectivity index (χ0) is 15.2. The van der Waals surface area contributed by atoms with Crippen LogP contribution in [0, 0.1) is 5.82 Å². The predicted octanol–water partition coefficient (Wildman–Crippen LogP) is 4.46. The van der Waals surface area contributed by atoms with E-state index in [0.29, 0.717) is 10.6 Å². The molecule has 0 atom stereocenters. The number of hydrogen-bond donors (Lipinski definition) is 1. The molecule has 0 spiro atoms. The summed E-state index contributed by atoms with van der Waals surface area (Å²) in [5.41, 5.74) is 0.245. The highest BCUT2D eigenvalue weighted by Crippen LogP contribution is 2.27. The molecule has 0 radical (unpaired) electrons. The van der Waals surface area contributed by atoms with E-state index in [4.69, 9.17) is 9.84 Å². The van der Waals surface area contributed by atoms with Crippen molar-refractivity contribution in [2.45, 2.75) is 4.90 Å². The van der Waals surface area contributed by atoms with Crippen molar-refractivity contribution in [2.75, 3.05) is 12.4 Å². The lowest BCUT2D eigenvalue weighted by Gasteiger charge is -2.08. The summed E-state index contributed by atoms with van der Waals surface area (Å²) in [4.78, 5) is 11.8. The van der Waals surface area contributed by atoms with Gasteiger partial charge in [-0.25, -0.2) is 9.18 Å². The van der Waals surface area contributed by atoms with Crippen molar-refractivity contribution >= 4 is 33.7 Å². The van der Waals surface area contributed by atoms with Gasteiger partial charge in [0.15, 0.2) is 11.6 Å². The summed E-state index contributed by atoms with van der Waals surface area (Å²) < 4.78 is 19.5. The number of aromatic carboxylic acids is 1. The first kappa shape index (κ1) is 15.9. The van der Waals surface area contributed by atoms with Gasteiger partial charge in [-0.3, -0.25) is 0 Å². The van der Waals surface area contributed by atoms with E-state index in [1.165, 1.54) is 17.8 Å². The van der Waals surface area contributed by atoms with Crippen molar-refractivity contribution in [3.8, 4) is 5.75 Å². The Morgan fingerprint density at radius 2 is 2.05 bits per heavy atom. The van der Waals surface area contributed by atoms with E-state index in [1.54, 1.807) is 36.4 Å². The third-order valence-electron chi connectivity index (χ3n) is 2.61. The second-order valence-electron chi connectivity index (χ2n) is 4.07. The monoisotopic (exact) mass is 370 g/mol. The highest BCUT2D eigenvalue weighted by molar-refractivity contribution is 9.10. The second-order valence-corrected chi connectivity index (χ2v) is 6.13. The Morgan fingerprint density at radius 3 is 2.76 bits per heavy atom. The van der Waals surface area contributed by atoms with Gasteiger partial charge in [-0.2, -0.15) is 0 Å². The maximum Gasteiger partial charge on any atom is 0.336 e. The number of hydrogen-bond acceptors (Lipinski definition) is 3. The second kappa shape index (κ2) is 7.47. The van der Waals surface area contributed by atoms with Crippen molar-refractivity contribution < 1.29 is 19.0 Å². The topological polar surface area (TPSA) is 46.5 Å². The van der Waals surface area contributed by atoms with E-state index in [1.807, 2.05) is 0 Å². The van der Waals surface area contributed by atoms with Crippen LogP contribution >= 0.6 is 27.7 Å². The van der Waals surface area contributed by atoms with Crippen LogP contribution in [0.2, 0.25) is 0 Å². The van der Waals surface area contributed by atoms with Gasteiger partial charge < -0.3 is 9.84 Å². The van der Waals surface area contributed by atoms with Gasteiger partial charge in [0.05, 0.1) is 12.2 Å². The van der Waals surface area contributed by atoms with Crippen molar-refractivity contribution in [1.29, 1.82) is 0 Å². The van der Waals surface area contributed by atoms with Crippen molar-refractivity contribution in [3.63, 3.8) is 0 Å². The molecule has 1 N–H and O–H groups in total. The minimum absolute atomic E-state index is 0.200. The summed E-state index contributed by atoms with van der Waals surface area (Å²) in [6, 6.07) is 11.2. The van der Waals surface area contributed by atoms with Gasteiger partial charge in [-0.05, 0) is 30.3 Å². The van der Waals surface area contributed by atoms with Gasteiger partial charge in [0.2, 0.25) is 0 Å². The molecule has 0 saturated carbocycles. The van der Waals surface area contributed by atoms with Crippen molar-refractivity contribution in [1.82, 2.24) is 0 Å². The molecule has 0 bridgehead atoms. The molecule has 0 amide bonds. The first-order valence-electron chi connectivity index (χ1n) is 6.11. The van der Waals surface area contributed by atoms with Gasteiger partial charge in [-0.15, -0.1) is 11.8 Å². The van der Waals surface area contributed by atoms with Gasteiger partial charge in [0.25, 0.3) is 0 Å². The van der Waals surface area contributed by atoms with Gasteiger partial charge in [-0.1, -0.05) is 28.1 Å². The molecule has 0 aliphatic heterocycles. The Kier molecular flexibility index (Phi) is 5.64. The molecule has 6 heteroatoms. The van der Waals surface area contributed by atoms with Crippen molar-refractivity contribution in [2.24, 2.45) is 0 Å². The van der Waals surface area contributed by atoms with Crippen LogP contribution in [0.4, 0.5) is 4.39 Å². The van der Waals surface area contributed by atoms with Crippen LogP contribution in [0.3, 0.4) is 0 Å². The molecular formula is C15H12BrFO3S. The van der Waals surface area contributed by atoms with Crippen LogP contribution in [-0.4, -0.2) is 23.4 Å². The van der Waals surface area contributed by atoms with Crippen LogP contribution in [0.1, 0.15) is 10.4 Å². The summed E-state index contributed by atoms with van der Waals surface area (Å²) in [6.45, 7) is 0.289. The molecule has 2 aromatic carbocycles. The van der Waals surface area contributed by atoms with Crippen molar-refractivity contribution in [3.05, 3.63) is 58.3 Å². The average Bonchev–Trinajstić information content (AvgIpc) is 2.45. The van der Waals surface area contributed by atoms with Crippen LogP contribution in [0.5, 0.6) is 5.75 Å². The van der Waals surface area contributed by atoms with Crippen LogP contribution in [0.15, 0.2) is 51.8 Å². The highest BCUT2D eigenvalue weighted by Gasteiger charge is 2.11. The van der Waals surface area contributed by atoms with Gasteiger partial charge >= 0.3 is 5.97 Å². The number of para-hydroxylation sites is 1. The van der Waals surface area contributed by atoms with E-state index < -0.39 is 11.8 Å². The van der Waals surface area contributed by atoms with E-state index in [9.17, 15) is 9.18 Å². The molecule has 21 heavy (non-hydrogen) atoms. The predicted molar refractivity (Wildman–Crippen MR) is 83.7 cm³/mol. The summed E-state index contributed by atoms with van der Waals surface area (Å²) in [5.74, 6) is -0.660. The average molecular weight is 371 g/mol. The fourth-order valence-corrected chi connectivity index (χ4v) is 3.08. The maximum absolute atomic E-state index is 13.3.